The minimum atomic E-state index is -4.26. The van der Waals surface area contributed by atoms with E-state index in [4.69, 9.17) is 0 Å². The summed E-state index contributed by atoms with van der Waals surface area (Å²) in [6.45, 7) is 2.86. The van der Waals surface area contributed by atoms with Gasteiger partial charge in [0.1, 0.15) is 0 Å². The summed E-state index contributed by atoms with van der Waals surface area (Å²) in [5.41, 5.74) is 3.54. The monoisotopic (exact) mass is 381 g/mol. The fourth-order valence-electron chi connectivity index (χ4n) is 4.73. The molecule has 0 radical (unpaired) electrons. The summed E-state index contributed by atoms with van der Waals surface area (Å²) in [6.07, 6.45) is -1.96. The van der Waals surface area contributed by atoms with Gasteiger partial charge in [-0.2, -0.15) is 13.2 Å². The summed E-state index contributed by atoms with van der Waals surface area (Å²) in [4.78, 5) is 0. The molecule has 0 aromatic heterocycles. The second-order valence-corrected chi connectivity index (χ2v) is 7.39. The van der Waals surface area contributed by atoms with E-state index in [-0.39, 0.29) is 18.3 Å². The third-order valence-corrected chi connectivity index (χ3v) is 5.82. The lowest BCUT2D eigenvalue weighted by Crippen LogP contribution is -2.31. The molecular formula is C21H23ClF3N. The van der Waals surface area contributed by atoms with Gasteiger partial charge in [0.15, 0.2) is 0 Å². The van der Waals surface area contributed by atoms with Crippen molar-refractivity contribution in [3.63, 3.8) is 0 Å². The topological polar surface area (TPSA) is 12.0 Å². The number of hydrogen-bond acceptors (Lipinski definition) is 1. The van der Waals surface area contributed by atoms with E-state index in [1.807, 2.05) is 6.07 Å². The van der Waals surface area contributed by atoms with Crippen LogP contribution in [0.3, 0.4) is 0 Å². The largest absolute Gasteiger partial charge is 0.416 e. The first-order valence-corrected chi connectivity index (χ1v) is 8.91. The van der Waals surface area contributed by atoms with Crippen LogP contribution in [0.25, 0.3) is 0 Å². The molecule has 2 aliphatic rings. The van der Waals surface area contributed by atoms with Crippen molar-refractivity contribution >= 4 is 12.4 Å². The molecule has 1 fully saturated rings. The summed E-state index contributed by atoms with van der Waals surface area (Å²) in [6, 6.07) is 13.5. The first-order valence-electron chi connectivity index (χ1n) is 8.91. The molecule has 0 saturated carbocycles. The summed E-state index contributed by atoms with van der Waals surface area (Å²) < 4.78 is 39.9. The van der Waals surface area contributed by atoms with Crippen LogP contribution in [0.2, 0.25) is 0 Å². The first kappa shape index (κ1) is 19.2. The highest BCUT2D eigenvalue weighted by atomic mass is 35.5. The van der Waals surface area contributed by atoms with E-state index in [0.29, 0.717) is 23.9 Å². The van der Waals surface area contributed by atoms with Gasteiger partial charge in [-0.25, -0.2) is 0 Å². The average molecular weight is 382 g/mol. The Morgan fingerprint density at radius 3 is 2.62 bits per heavy atom. The van der Waals surface area contributed by atoms with Gasteiger partial charge in [-0.05, 0) is 54.9 Å². The van der Waals surface area contributed by atoms with Crippen molar-refractivity contribution in [3.05, 3.63) is 70.3 Å². The van der Waals surface area contributed by atoms with E-state index >= 15 is 0 Å². The SMILES string of the molecule is Cc1cccc(CC2NCC3c4cccc(C(F)(F)F)c4CCC23)c1.Cl. The molecular weight excluding hydrogens is 359 g/mol. The second-order valence-electron chi connectivity index (χ2n) is 7.39. The van der Waals surface area contributed by atoms with Gasteiger partial charge >= 0.3 is 6.18 Å². The predicted molar refractivity (Wildman–Crippen MR) is 99.9 cm³/mol. The highest BCUT2D eigenvalue weighted by molar-refractivity contribution is 5.85. The standard InChI is InChI=1S/C21H22F3N.ClH/c1-13-4-2-5-14(10-13)11-20-17-9-8-16-15(18(17)12-25-20)6-3-7-19(16)21(22,23)24;/h2-7,10,17-18,20,25H,8-9,11-12H2,1H3;1H. The molecule has 1 aliphatic carbocycles. The van der Waals surface area contributed by atoms with E-state index in [0.717, 1.165) is 24.9 Å². The van der Waals surface area contributed by atoms with E-state index < -0.39 is 11.7 Å². The molecule has 1 heterocycles. The fourth-order valence-corrected chi connectivity index (χ4v) is 4.73. The molecule has 4 rings (SSSR count). The predicted octanol–water partition coefficient (Wildman–Crippen LogP) is 5.30. The molecule has 1 aliphatic heterocycles. The van der Waals surface area contributed by atoms with Gasteiger partial charge < -0.3 is 5.32 Å². The van der Waals surface area contributed by atoms with E-state index in [1.54, 1.807) is 6.07 Å². The smallest absolute Gasteiger partial charge is 0.313 e. The number of aryl methyl sites for hydroxylation is 1. The number of halogens is 4. The van der Waals surface area contributed by atoms with Crippen molar-refractivity contribution < 1.29 is 13.2 Å². The van der Waals surface area contributed by atoms with Crippen LogP contribution >= 0.6 is 12.4 Å². The van der Waals surface area contributed by atoms with E-state index in [2.05, 4.69) is 36.5 Å². The van der Waals surface area contributed by atoms with Crippen molar-refractivity contribution in [2.75, 3.05) is 6.54 Å². The van der Waals surface area contributed by atoms with Crippen molar-refractivity contribution in [1.29, 1.82) is 0 Å². The Kier molecular flexibility index (Phi) is 5.36. The molecule has 0 amide bonds. The molecule has 2 aromatic rings. The molecule has 26 heavy (non-hydrogen) atoms. The van der Waals surface area contributed by atoms with Crippen LogP contribution in [0.5, 0.6) is 0 Å². The first-order chi connectivity index (χ1) is 11.9. The Labute approximate surface area is 158 Å². The lowest BCUT2D eigenvalue weighted by Gasteiger charge is -2.32. The van der Waals surface area contributed by atoms with Gasteiger partial charge in [-0.1, -0.05) is 42.0 Å². The van der Waals surface area contributed by atoms with E-state index in [9.17, 15) is 13.2 Å². The molecule has 1 nitrogen and oxygen atoms in total. The fraction of sp³-hybridized carbons (Fsp3) is 0.429. The highest BCUT2D eigenvalue weighted by Crippen LogP contribution is 2.45. The van der Waals surface area contributed by atoms with Crippen molar-refractivity contribution in [1.82, 2.24) is 5.32 Å². The van der Waals surface area contributed by atoms with Crippen molar-refractivity contribution in [2.45, 2.75) is 44.3 Å². The average Bonchev–Trinajstić information content (AvgIpc) is 2.97. The Bertz CT molecular complexity index is 787. The van der Waals surface area contributed by atoms with Gasteiger partial charge in [0.25, 0.3) is 0 Å². The van der Waals surface area contributed by atoms with Gasteiger partial charge in [0.2, 0.25) is 0 Å². The quantitative estimate of drug-likeness (QED) is 0.744. The third-order valence-electron chi connectivity index (χ3n) is 5.82. The molecule has 5 heteroatoms. The highest BCUT2D eigenvalue weighted by Gasteiger charge is 2.43. The second kappa shape index (κ2) is 7.24. The molecule has 2 aromatic carbocycles. The lowest BCUT2D eigenvalue weighted by molar-refractivity contribution is -0.138. The maximum Gasteiger partial charge on any atom is 0.416 e. The molecule has 140 valence electrons. The van der Waals surface area contributed by atoms with Crippen LogP contribution in [-0.4, -0.2) is 12.6 Å². The Hall–Kier alpha value is -1.52. The number of benzene rings is 2. The van der Waals surface area contributed by atoms with Crippen LogP contribution in [0.4, 0.5) is 13.2 Å². The maximum atomic E-state index is 13.3. The third kappa shape index (κ3) is 3.49. The van der Waals surface area contributed by atoms with Gasteiger partial charge in [-0.3, -0.25) is 0 Å². The number of nitrogens with one attached hydrogen (secondary N) is 1. The van der Waals surface area contributed by atoms with Crippen LogP contribution in [-0.2, 0) is 19.0 Å². The molecule has 1 N–H and O–H groups in total. The normalized spacial score (nSPS) is 24.5. The summed E-state index contributed by atoms with van der Waals surface area (Å²) in [5.74, 6) is 0.609. The molecule has 3 unspecified atom stereocenters. The zero-order valence-corrected chi connectivity index (χ0v) is 15.5. The van der Waals surface area contributed by atoms with Crippen molar-refractivity contribution in [3.8, 4) is 0 Å². The number of fused-ring (bicyclic) bond motifs is 3. The zero-order valence-electron chi connectivity index (χ0n) is 14.6. The van der Waals surface area contributed by atoms with Gasteiger partial charge in [0.05, 0.1) is 5.56 Å². The summed E-state index contributed by atoms with van der Waals surface area (Å²) in [5, 5.41) is 3.58. The van der Waals surface area contributed by atoms with Crippen LogP contribution in [0, 0.1) is 12.8 Å². The van der Waals surface area contributed by atoms with E-state index in [1.165, 1.54) is 17.2 Å². The number of rotatable bonds is 2. The lowest BCUT2D eigenvalue weighted by atomic mass is 9.72. The number of alkyl halides is 3. The Balaban J connectivity index is 0.00000196. The summed E-state index contributed by atoms with van der Waals surface area (Å²) in [7, 11) is 0. The molecule has 0 bridgehead atoms. The zero-order chi connectivity index (χ0) is 17.6. The van der Waals surface area contributed by atoms with Gasteiger partial charge in [0, 0.05) is 18.5 Å². The Morgan fingerprint density at radius 2 is 1.88 bits per heavy atom. The molecule has 1 saturated heterocycles. The summed E-state index contributed by atoms with van der Waals surface area (Å²) >= 11 is 0. The molecule has 3 atom stereocenters. The maximum absolute atomic E-state index is 13.3. The van der Waals surface area contributed by atoms with Gasteiger partial charge in [-0.15, -0.1) is 12.4 Å². The van der Waals surface area contributed by atoms with Crippen LogP contribution in [0.1, 0.15) is 40.2 Å². The minimum Gasteiger partial charge on any atom is -0.313 e. The Morgan fingerprint density at radius 1 is 1.12 bits per heavy atom. The molecule has 0 spiro atoms. The van der Waals surface area contributed by atoms with Crippen molar-refractivity contribution in [2.24, 2.45) is 5.92 Å². The van der Waals surface area contributed by atoms with Crippen LogP contribution < -0.4 is 5.32 Å². The van der Waals surface area contributed by atoms with Crippen LogP contribution in [0.15, 0.2) is 42.5 Å². The minimum absolute atomic E-state index is 0. The number of hydrogen-bond donors (Lipinski definition) is 1.